The topological polar surface area (TPSA) is 112 Å². The van der Waals surface area contributed by atoms with Gasteiger partial charge in [-0.05, 0) is 55.4 Å². The van der Waals surface area contributed by atoms with Crippen molar-refractivity contribution in [1.82, 2.24) is 9.47 Å². The van der Waals surface area contributed by atoms with Crippen molar-refractivity contribution in [2.75, 3.05) is 13.7 Å². The van der Waals surface area contributed by atoms with Gasteiger partial charge < -0.3 is 15.0 Å². The van der Waals surface area contributed by atoms with Crippen molar-refractivity contribution in [3.8, 4) is 5.69 Å². The zero-order chi connectivity index (χ0) is 21.3. The molecule has 9 heteroatoms. The van der Waals surface area contributed by atoms with Crippen molar-refractivity contribution in [3.63, 3.8) is 0 Å². The summed E-state index contributed by atoms with van der Waals surface area (Å²) in [4.78, 5) is 48.7. The summed E-state index contributed by atoms with van der Waals surface area (Å²) in [6.45, 7) is 3.27. The lowest BCUT2D eigenvalue weighted by Crippen LogP contribution is -2.36. The number of amides is 3. The number of carbonyl (C=O) groups is 4. The van der Waals surface area contributed by atoms with Crippen molar-refractivity contribution < 1.29 is 23.9 Å². The number of methoxy groups -OCH3 is 1. The van der Waals surface area contributed by atoms with Gasteiger partial charge in [-0.25, -0.2) is 4.79 Å². The first-order valence-corrected chi connectivity index (χ1v) is 9.46. The Labute approximate surface area is 171 Å². The van der Waals surface area contributed by atoms with Gasteiger partial charge in [0.2, 0.25) is 5.91 Å². The molecule has 3 rings (SSSR count). The second-order valence-electron chi connectivity index (χ2n) is 6.40. The van der Waals surface area contributed by atoms with E-state index in [1.807, 2.05) is 30.5 Å². The molecule has 1 aliphatic rings. The van der Waals surface area contributed by atoms with Crippen LogP contribution in [0.2, 0.25) is 0 Å². The average Bonchev–Trinajstić information content (AvgIpc) is 3.10. The molecule has 1 saturated heterocycles. The summed E-state index contributed by atoms with van der Waals surface area (Å²) in [6, 6.07) is 8.90. The van der Waals surface area contributed by atoms with E-state index in [0.717, 1.165) is 28.0 Å². The van der Waals surface area contributed by atoms with E-state index >= 15 is 0 Å². The number of carbonyl (C=O) groups excluding carboxylic acids is 4. The Kier molecular flexibility index (Phi) is 5.60. The minimum atomic E-state index is -0.758. The first-order valence-electron chi connectivity index (χ1n) is 8.65. The third kappa shape index (κ3) is 3.81. The fourth-order valence-corrected chi connectivity index (χ4v) is 4.02. The smallest absolute Gasteiger partial charge is 0.339 e. The molecule has 0 unspecified atom stereocenters. The average molecular weight is 413 g/mol. The molecular weight excluding hydrogens is 394 g/mol. The van der Waals surface area contributed by atoms with Crippen molar-refractivity contribution in [1.29, 1.82) is 0 Å². The molecule has 0 radical (unpaired) electrons. The maximum absolute atomic E-state index is 12.5. The molecule has 2 N–H and O–H groups in total. The first-order chi connectivity index (χ1) is 13.7. The van der Waals surface area contributed by atoms with Crippen LogP contribution in [0.1, 0.15) is 27.3 Å². The number of rotatable bonds is 5. The highest BCUT2D eigenvalue weighted by Gasteiger charge is 2.36. The third-order valence-corrected chi connectivity index (χ3v) is 5.40. The molecule has 150 valence electrons. The summed E-state index contributed by atoms with van der Waals surface area (Å²) >= 11 is 0.757. The Morgan fingerprint density at radius 2 is 1.90 bits per heavy atom. The van der Waals surface area contributed by atoms with Gasteiger partial charge in [0.15, 0.2) is 0 Å². The molecule has 8 nitrogen and oxygen atoms in total. The van der Waals surface area contributed by atoms with Crippen LogP contribution >= 0.6 is 11.8 Å². The van der Waals surface area contributed by atoms with Crippen molar-refractivity contribution in [2.24, 2.45) is 5.73 Å². The second kappa shape index (κ2) is 7.96. The molecule has 29 heavy (non-hydrogen) atoms. The van der Waals surface area contributed by atoms with Crippen molar-refractivity contribution >= 4 is 40.9 Å². The first kappa shape index (κ1) is 20.4. The highest BCUT2D eigenvalue weighted by molar-refractivity contribution is 8.18. The quantitative estimate of drug-likeness (QED) is 0.595. The van der Waals surface area contributed by atoms with E-state index < -0.39 is 29.6 Å². The molecule has 0 atom stereocenters. The van der Waals surface area contributed by atoms with Gasteiger partial charge in [0, 0.05) is 11.4 Å². The number of hydrogen-bond donors (Lipinski definition) is 1. The molecule has 2 aromatic rings. The summed E-state index contributed by atoms with van der Waals surface area (Å²) < 4.78 is 6.75. The highest BCUT2D eigenvalue weighted by atomic mass is 32.2. The van der Waals surface area contributed by atoms with Gasteiger partial charge in [-0.2, -0.15) is 0 Å². The number of benzene rings is 1. The number of nitrogens with two attached hydrogens (primary N) is 1. The highest BCUT2D eigenvalue weighted by Crippen LogP contribution is 2.33. The molecule has 1 aliphatic heterocycles. The van der Waals surface area contributed by atoms with Crippen molar-refractivity contribution in [3.05, 3.63) is 57.8 Å². The molecule has 1 fully saturated rings. The van der Waals surface area contributed by atoms with Crippen LogP contribution in [-0.2, 0) is 14.3 Å². The maximum Gasteiger partial charge on any atom is 0.339 e. The minimum absolute atomic E-state index is 0.206. The number of primary amides is 1. The van der Waals surface area contributed by atoms with E-state index in [4.69, 9.17) is 10.5 Å². The van der Waals surface area contributed by atoms with E-state index in [2.05, 4.69) is 0 Å². The number of aryl methyl sites for hydroxylation is 1. The van der Waals surface area contributed by atoms with Crippen LogP contribution in [0, 0.1) is 13.8 Å². The Bertz CT molecular complexity index is 1070. The molecule has 3 amide bonds. The SMILES string of the molecule is COC(=O)c1ccccc1-n1c(C)cc(/C=C2\SC(=O)N(CC(N)=O)C2=O)c1C. The van der Waals surface area contributed by atoms with Crippen LogP contribution in [0.5, 0.6) is 0 Å². The molecule has 0 bridgehead atoms. The molecule has 1 aromatic heterocycles. The van der Waals surface area contributed by atoms with Crippen LogP contribution in [0.4, 0.5) is 4.79 Å². The number of nitrogens with zero attached hydrogens (tertiary/aromatic N) is 2. The zero-order valence-corrected chi connectivity index (χ0v) is 16.9. The number of esters is 1. The largest absolute Gasteiger partial charge is 0.465 e. The monoisotopic (exact) mass is 413 g/mol. The fraction of sp³-hybridized carbons (Fsp3) is 0.200. The lowest BCUT2D eigenvalue weighted by molar-refractivity contribution is -0.127. The predicted octanol–water partition coefficient (Wildman–Crippen LogP) is 2.40. The number of hydrogen-bond acceptors (Lipinski definition) is 6. The van der Waals surface area contributed by atoms with Crippen molar-refractivity contribution in [2.45, 2.75) is 13.8 Å². The summed E-state index contributed by atoms with van der Waals surface area (Å²) in [5.41, 5.74) is 8.49. The lowest BCUT2D eigenvalue weighted by atomic mass is 10.1. The number of imide groups is 1. The zero-order valence-electron chi connectivity index (χ0n) is 16.1. The van der Waals surface area contributed by atoms with Gasteiger partial charge >= 0.3 is 5.97 Å². The van der Waals surface area contributed by atoms with Gasteiger partial charge in [0.05, 0.1) is 23.3 Å². The van der Waals surface area contributed by atoms with Crippen LogP contribution in [0.25, 0.3) is 11.8 Å². The van der Waals surface area contributed by atoms with Gasteiger partial charge in [0.25, 0.3) is 11.1 Å². The standard InChI is InChI=1S/C20H19N3O5S/c1-11-8-13(9-16-18(25)22(10-17(21)24)20(27)29-16)12(2)23(11)15-7-5-4-6-14(15)19(26)28-3/h4-9H,10H2,1-3H3,(H2,21,24)/b16-9-. The molecule has 0 spiro atoms. The van der Waals surface area contributed by atoms with Gasteiger partial charge in [-0.1, -0.05) is 12.1 Å². The van der Waals surface area contributed by atoms with Gasteiger partial charge in [0.1, 0.15) is 6.54 Å². The molecule has 0 saturated carbocycles. The lowest BCUT2D eigenvalue weighted by Gasteiger charge is -2.13. The normalized spacial score (nSPS) is 15.3. The predicted molar refractivity (Wildman–Crippen MR) is 108 cm³/mol. The van der Waals surface area contributed by atoms with E-state index in [1.54, 1.807) is 24.3 Å². The number of ether oxygens (including phenoxy) is 1. The number of thioether (sulfide) groups is 1. The summed E-state index contributed by atoms with van der Waals surface area (Å²) in [5, 5.41) is -0.537. The van der Waals surface area contributed by atoms with Gasteiger partial charge in [-0.15, -0.1) is 0 Å². The van der Waals surface area contributed by atoms with Gasteiger partial charge in [-0.3, -0.25) is 19.3 Å². The molecule has 1 aromatic carbocycles. The summed E-state index contributed by atoms with van der Waals surface area (Å²) in [7, 11) is 1.32. The second-order valence-corrected chi connectivity index (χ2v) is 7.40. The van der Waals surface area contributed by atoms with E-state index in [0.29, 0.717) is 16.8 Å². The summed E-state index contributed by atoms with van der Waals surface area (Å²) in [5.74, 6) is -1.77. The minimum Gasteiger partial charge on any atom is -0.465 e. The fourth-order valence-electron chi connectivity index (χ4n) is 3.19. The number of para-hydroxylation sites is 1. The van der Waals surface area contributed by atoms with E-state index in [9.17, 15) is 19.2 Å². The number of aromatic nitrogens is 1. The maximum atomic E-state index is 12.5. The van der Waals surface area contributed by atoms with E-state index in [1.165, 1.54) is 7.11 Å². The third-order valence-electron chi connectivity index (χ3n) is 4.49. The Hall–Kier alpha value is -3.33. The molecule has 0 aliphatic carbocycles. The van der Waals surface area contributed by atoms with Crippen LogP contribution in [0.3, 0.4) is 0 Å². The Morgan fingerprint density at radius 1 is 1.21 bits per heavy atom. The molecular formula is C20H19N3O5S. The van der Waals surface area contributed by atoms with Crippen LogP contribution < -0.4 is 5.73 Å². The van der Waals surface area contributed by atoms with E-state index in [-0.39, 0.29) is 4.91 Å². The molecule has 2 heterocycles. The Balaban J connectivity index is 2.03. The van der Waals surface area contributed by atoms with Crippen LogP contribution in [-0.4, -0.2) is 46.1 Å². The van der Waals surface area contributed by atoms with Crippen LogP contribution in [0.15, 0.2) is 35.2 Å². The Morgan fingerprint density at radius 3 is 2.55 bits per heavy atom. The summed E-state index contributed by atoms with van der Waals surface area (Å²) in [6.07, 6.45) is 1.60.